The van der Waals surface area contributed by atoms with Crippen LogP contribution in [0.2, 0.25) is 10.0 Å². The average molecular weight is 477 g/mol. The number of nitrogens with one attached hydrogen (secondary N) is 1. The van der Waals surface area contributed by atoms with Crippen molar-refractivity contribution in [1.29, 1.82) is 0 Å². The van der Waals surface area contributed by atoms with E-state index in [1.807, 2.05) is 32.9 Å². The first-order chi connectivity index (χ1) is 14.6. The number of carbonyl (C=O) groups is 1. The van der Waals surface area contributed by atoms with Gasteiger partial charge in [0.05, 0.1) is 15.6 Å². The SMILES string of the molecule is Cc1cc(C)c(NC(=O)CN(c2ccc(Cl)cc2Cl)S(=O)(=O)c2ccccc2)c(C)c1. The lowest BCUT2D eigenvalue weighted by molar-refractivity contribution is -0.114. The van der Waals surface area contributed by atoms with Crippen molar-refractivity contribution in [3.63, 3.8) is 0 Å². The number of halogens is 2. The summed E-state index contributed by atoms with van der Waals surface area (Å²) in [5.74, 6) is -0.486. The van der Waals surface area contributed by atoms with Crippen LogP contribution in [0.3, 0.4) is 0 Å². The summed E-state index contributed by atoms with van der Waals surface area (Å²) in [6.07, 6.45) is 0. The second kappa shape index (κ2) is 9.30. The molecule has 3 rings (SSSR count). The van der Waals surface area contributed by atoms with Crippen LogP contribution in [0, 0.1) is 20.8 Å². The third-order valence-electron chi connectivity index (χ3n) is 4.74. The first kappa shape index (κ1) is 23.1. The predicted octanol–water partition coefficient (Wildman–Crippen LogP) is 5.75. The van der Waals surface area contributed by atoms with Crippen molar-refractivity contribution in [2.75, 3.05) is 16.2 Å². The van der Waals surface area contributed by atoms with Crippen molar-refractivity contribution >= 4 is 50.5 Å². The van der Waals surface area contributed by atoms with Gasteiger partial charge in [0, 0.05) is 10.7 Å². The lowest BCUT2D eigenvalue weighted by atomic mass is 10.1. The van der Waals surface area contributed by atoms with Gasteiger partial charge in [-0.2, -0.15) is 0 Å². The number of aryl methyl sites for hydroxylation is 3. The largest absolute Gasteiger partial charge is 0.324 e. The Kier molecular flexibility index (Phi) is 6.94. The minimum atomic E-state index is -4.06. The van der Waals surface area contributed by atoms with Gasteiger partial charge < -0.3 is 5.32 Å². The molecule has 0 aliphatic heterocycles. The molecule has 162 valence electrons. The number of rotatable bonds is 6. The quantitative estimate of drug-likeness (QED) is 0.492. The first-order valence-corrected chi connectivity index (χ1v) is 11.7. The van der Waals surface area contributed by atoms with Crippen LogP contribution >= 0.6 is 23.2 Å². The molecule has 0 fully saturated rings. The lowest BCUT2D eigenvalue weighted by Crippen LogP contribution is -2.38. The minimum absolute atomic E-state index is 0.0523. The van der Waals surface area contributed by atoms with Crippen LogP contribution in [0.25, 0.3) is 0 Å². The van der Waals surface area contributed by atoms with Crippen LogP contribution in [0.5, 0.6) is 0 Å². The highest BCUT2D eigenvalue weighted by Crippen LogP contribution is 2.33. The van der Waals surface area contributed by atoms with Crippen molar-refractivity contribution in [3.8, 4) is 0 Å². The summed E-state index contributed by atoms with van der Waals surface area (Å²) in [4.78, 5) is 13.0. The van der Waals surface area contributed by atoms with Crippen LogP contribution in [0.4, 0.5) is 11.4 Å². The maximum absolute atomic E-state index is 13.4. The summed E-state index contributed by atoms with van der Waals surface area (Å²) in [5, 5.41) is 3.34. The standard InChI is InChI=1S/C23H22Cl2N2O3S/c1-15-11-16(2)23(17(3)12-15)26-22(28)14-27(21-10-9-18(24)13-20(21)25)31(29,30)19-7-5-4-6-8-19/h4-13H,14H2,1-3H3,(H,26,28). The number of amides is 1. The molecule has 1 N–H and O–H groups in total. The smallest absolute Gasteiger partial charge is 0.264 e. The topological polar surface area (TPSA) is 66.5 Å². The number of nitrogens with zero attached hydrogens (tertiary/aromatic N) is 1. The van der Waals surface area contributed by atoms with Gasteiger partial charge in [0.2, 0.25) is 5.91 Å². The Labute approximate surface area is 192 Å². The highest BCUT2D eigenvalue weighted by Gasteiger charge is 2.29. The molecule has 8 heteroatoms. The molecule has 0 saturated heterocycles. The molecule has 0 spiro atoms. The van der Waals surface area contributed by atoms with E-state index < -0.39 is 22.5 Å². The molecule has 0 saturated carbocycles. The molecule has 0 aliphatic carbocycles. The van der Waals surface area contributed by atoms with E-state index in [9.17, 15) is 13.2 Å². The third-order valence-corrected chi connectivity index (χ3v) is 7.05. The molecule has 0 aliphatic rings. The first-order valence-electron chi connectivity index (χ1n) is 9.50. The second-order valence-electron chi connectivity index (χ2n) is 7.24. The fourth-order valence-corrected chi connectivity index (χ4v) is 5.41. The molecule has 31 heavy (non-hydrogen) atoms. The summed E-state index contributed by atoms with van der Waals surface area (Å²) in [6, 6.07) is 16.3. The Morgan fingerprint density at radius 2 is 1.55 bits per heavy atom. The van der Waals surface area contributed by atoms with E-state index in [-0.39, 0.29) is 15.6 Å². The van der Waals surface area contributed by atoms with E-state index in [1.54, 1.807) is 18.2 Å². The number of sulfonamides is 1. The van der Waals surface area contributed by atoms with Crippen molar-refractivity contribution in [2.24, 2.45) is 0 Å². The van der Waals surface area contributed by atoms with Gasteiger partial charge in [-0.25, -0.2) is 8.42 Å². The predicted molar refractivity (Wildman–Crippen MR) is 127 cm³/mol. The summed E-state index contributed by atoms with van der Waals surface area (Å²) in [5.41, 5.74) is 3.70. The van der Waals surface area contributed by atoms with E-state index in [2.05, 4.69) is 5.32 Å². The number of hydrogen-bond donors (Lipinski definition) is 1. The Bertz CT molecular complexity index is 1210. The summed E-state index contributed by atoms with van der Waals surface area (Å²) in [6.45, 7) is 5.31. The van der Waals surface area contributed by atoms with Crippen LogP contribution < -0.4 is 9.62 Å². The molecule has 0 bridgehead atoms. The molecule has 1 amide bonds. The average Bonchev–Trinajstić information content (AvgIpc) is 2.70. The fourth-order valence-electron chi connectivity index (χ4n) is 3.39. The van der Waals surface area contributed by atoms with Crippen molar-refractivity contribution in [2.45, 2.75) is 25.7 Å². The molecule has 3 aromatic carbocycles. The van der Waals surface area contributed by atoms with Crippen LogP contribution in [0.15, 0.2) is 65.6 Å². The zero-order valence-corrected chi connectivity index (χ0v) is 19.6. The minimum Gasteiger partial charge on any atom is -0.324 e. The second-order valence-corrected chi connectivity index (χ2v) is 9.95. The monoisotopic (exact) mass is 476 g/mol. The van der Waals surface area contributed by atoms with Gasteiger partial charge in [0.1, 0.15) is 6.54 Å². The maximum Gasteiger partial charge on any atom is 0.264 e. The van der Waals surface area contributed by atoms with Gasteiger partial charge in [-0.1, -0.05) is 59.1 Å². The zero-order chi connectivity index (χ0) is 22.8. The van der Waals surface area contributed by atoms with Crippen LogP contribution in [0.1, 0.15) is 16.7 Å². The summed E-state index contributed by atoms with van der Waals surface area (Å²) < 4.78 is 27.8. The summed E-state index contributed by atoms with van der Waals surface area (Å²) >= 11 is 12.3. The molecule has 0 aromatic heterocycles. The highest BCUT2D eigenvalue weighted by atomic mass is 35.5. The van der Waals surface area contributed by atoms with E-state index >= 15 is 0 Å². The lowest BCUT2D eigenvalue weighted by Gasteiger charge is -2.25. The zero-order valence-electron chi connectivity index (χ0n) is 17.3. The van der Waals surface area contributed by atoms with Crippen molar-refractivity contribution < 1.29 is 13.2 Å². The molecular formula is C23H22Cl2N2O3S. The van der Waals surface area contributed by atoms with Gasteiger partial charge in [-0.15, -0.1) is 0 Å². The Morgan fingerprint density at radius 1 is 0.935 bits per heavy atom. The van der Waals surface area contributed by atoms with Crippen molar-refractivity contribution in [1.82, 2.24) is 0 Å². The fraction of sp³-hybridized carbons (Fsp3) is 0.174. The Morgan fingerprint density at radius 3 is 2.13 bits per heavy atom. The normalized spacial score (nSPS) is 11.3. The molecule has 0 heterocycles. The Hall–Kier alpha value is -2.54. The Balaban J connectivity index is 2.00. The molecular weight excluding hydrogens is 455 g/mol. The van der Waals surface area contributed by atoms with Gasteiger partial charge in [0.15, 0.2) is 0 Å². The number of hydrogen-bond acceptors (Lipinski definition) is 3. The molecule has 0 atom stereocenters. The molecule has 0 unspecified atom stereocenters. The number of carbonyl (C=O) groups excluding carboxylic acids is 1. The molecule has 0 radical (unpaired) electrons. The van der Waals surface area contributed by atoms with E-state index in [0.717, 1.165) is 21.0 Å². The van der Waals surface area contributed by atoms with Gasteiger partial charge >= 0.3 is 0 Å². The van der Waals surface area contributed by atoms with E-state index in [1.165, 1.54) is 30.3 Å². The van der Waals surface area contributed by atoms with Crippen LogP contribution in [-0.2, 0) is 14.8 Å². The van der Waals surface area contributed by atoms with Gasteiger partial charge in [0.25, 0.3) is 10.0 Å². The van der Waals surface area contributed by atoms with Gasteiger partial charge in [-0.05, 0) is 62.2 Å². The maximum atomic E-state index is 13.4. The number of benzene rings is 3. The highest BCUT2D eigenvalue weighted by molar-refractivity contribution is 7.92. The van der Waals surface area contributed by atoms with E-state index in [0.29, 0.717) is 10.7 Å². The van der Waals surface area contributed by atoms with Gasteiger partial charge in [-0.3, -0.25) is 9.10 Å². The molecule has 5 nitrogen and oxygen atoms in total. The van der Waals surface area contributed by atoms with Crippen LogP contribution in [-0.4, -0.2) is 20.9 Å². The third kappa shape index (κ3) is 5.21. The van der Waals surface area contributed by atoms with Crippen molar-refractivity contribution in [3.05, 3.63) is 87.4 Å². The summed E-state index contributed by atoms with van der Waals surface area (Å²) in [7, 11) is -4.06. The van der Waals surface area contributed by atoms with E-state index in [4.69, 9.17) is 23.2 Å². The number of anilines is 2. The molecule has 3 aromatic rings.